The van der Waals surface area contributed by atoms with Crippen LogP contribution >= 0.6 is 0 Å². The van der Waals surface area contributed by atoms with Gasteiger partial charge in [0, 0.05) is 46.4 Å². The number of benzene rings is 8. The summed E-state index contributed by atoms with van der Waals surface area (Å²) < 4.78 is 7.04. The molecule has 0 atom stereocenters. The topological polar surface area (TPSA) is 73.7 Å². The first kappa shape index (κ1) is 44.7. The predicted octanol–water partition coefficient (Wildman–Crippen LogP) is 17.6. The minimum absolute atomic E-state index is 0.597. The molecule has 0 N–H and O–H groups in total. The lowest BCUT2D eigenvalue weighted by Crippen LogP contribution is -1.95. The second-order valence-corrected chi connectivity index (χ2v) is 18.4. The summed E-state index contributed by atoms with van der Waals surface area (Å²) in [4.78, 5) is 23.9. The fourth-order valence-electron chi connectivity index (χ4n) is 10.0. The Balaban J connectivity index is 0.982. The van der Waals surface area contributed by atoms with Gasteiger partial charge in [0.25, 0.3) is 0 Å². The molecule has 0 aliphatic carbocycles. The van der Waals surface area contributed by atoms with E-state index in [2.05, 4.69) is 180 Å². The van der Waals surface area contributed by atoms with Gasteiger partial charge in [0.05, 0.1) is 28.5 Å². The summed E-state index contributed by atoms with van der Waals surface area (Å²) in [6.45, 7) is 0. The Morgan fingerprint density at radius 3 is 1.31 bits per heavy atom. The van der Waals surface area contributed by atoms with Crippen LogP contribution in [0.4, 0.5) is 0 Å². The fraction of sp³-hybridized carbons (Fsp3) is 0. The van der Waals surface area contributed by atoms with E-state index < -0.39 is 0 Å². The SMILES string of the molecule is C1=Cc2ccnc(n2)-c2ccc(-c3ccccc3-c3cc(-c4ccccc4-c4ccc(-c5ccccn5)cc4)cc(-c4ccccc4-c4ccc(-c5ccccn5)cc4)c3)c(c2)Oc2cccc(c2)-c2cccc1n2. The minimum Gasteiger partial charge on any atom is -0.457 e. The second-order valence-electron chi connectivity index (χ2n) is 18.4. The molecule has 8 bridgehead atoms. The van der Waals surface area contributed by atoms with E-state index >= 15 is 0 Å². The van der Waals surface area contributed by atoms with Crippen LogP contribution in [0.3, 0.4) is 0 Å². The highest BCUT2D eigenvalue weighted by molar-refractivity contribution is 5.95. The summed E-state index contributed by atoms with van der Waals surface area (Å²) in [7, 11) is 0. The van der Waals surface area contributed by atoms with Crippen LogP contribution in [0.25, 0.3) is 124 Å². The van der Waals surface area contributed by atoms with E-state index in [9.17, 15) is 0 Å². The highest BCUT2D eigenvalue weighted by Crippen LogP contribution is 2.45. The highest BCUT2D eigenvalue weighted by Gasteiger charge is 2.20. The van der Waals surface area contributed by atoms with Gasteiger partial charge in [-0.1, -0.05) is 158 Å². The van der Waals surface area contributed by atoms with Gasteiger partial charge in [-0.15, -0.1) is 0 Å². The smallest absolute Gasteiger partial charge is 0.159 e. The number of aromatic nitrogens is 5. The van der Waals surface area contributed by atoms with Crippen LogP contribution in [0.1, 0.15) is 11.4 Å². The Morgan fingerprint density at radius 1 is 0.253 bits per heavy atom. The van der Waals surface area contributed by atoms with Crippen LogP contribution in [-0.2, 0) is 0 Å². The number of ether oxygens (including phenoxy) is 1. The molecule has 4 aromatic heterocycles. The summed E-state index contributed by atoms with van der Waals surface area (Å²) in [5, 5.41) is 0. The first-order valence-electron chi connectivity index (χ1n) is 25.0. The zero-order chi connectivity index (χ0) is 49.9. The molecular formula is C69H45N5O. The van der Waals surface area contributed by atoms with E-state index in [0.29, 0.717) is 17.3 Å². The molecule has 5 heterocycles. The monoisotopic (exact) mass is 959 g/mol. The maximum absolute atomic E-state index is 7.04. The quantitative estimate of drug-likeness (QED) is 0.151. The molecule has 12 aromatic rings. The van der Waals surface area contributed by atoms with E-state index in [1.54, 1.807) is 6.20 Å². The lowest BCUT2D eigenvalue weighted by atomic mass is 9.86. The van der Waals surface area contributed by atoms with Crippen molar-refractivity contribution in [2.24, 2.45) is 0 Å². The normalized spacial score (nSPS) is 11.5. The first-order chi connectivity index (χ1) is 37.1. The third-order valence-electron chi connectivity index (χ3n) is 13.7. The van der Waals surface area contributed by atoms with Gasteiger partial charge < -0.3 is 4.74 Å². The Labute approximate surface area is 435 Å². The van der Waals surface area contributed by atoms with Crippen molar-refractivity contribution < 1.29 is 4.74 Å². The molecule has 0 unspecified atom stereocenters. The molecular weight excluding hydrogens is 915 g/mol. The first-order valence-corrected chi connectivity index (χ1v) is 25.0. The van der Waals surface area contributed by atoms with Crippen LogP contribution in [0.15, 0.2) is 261 Å². The predicted molar refractivity (Wildman–Crippen MR) is 305 cm³/mol. The fourth-order valence-corrected chi connectivity index (χ4v) is 10.0. The van der Waals surface area contributed by atoms with Crippen LogP contribution in [0, 0.1) is 0 Å². The molecule has 0 spiro atoms. The van der Waals surface area contributed by atoms with Gasteiger partial charge in [0.2, 0.25) is 0 Å². The lowest BCUT2D eigenvalue weighted by molar-refractivity contribution is 0.485. The molecule has 13 rings (SSSR count). The molecule has 6 nitrogen and oxygen atoms in total. The van der Waals surface area contributed by atoms with Gasteiger partial charge in [-0.3, -0.25) is 9.97 Å². The lowest BCUT2D eigenvalue weighted by Gasteiger charge is -2.19. The Morgan fingerprint density at radius 2 is 0.733 bits per heavy atom. The maximum Gasteiger partial charge on any atom is 0.159 e. The molecule has 75 heavy (non-hydrogen) atoms. The van der Waals surface area contributed by atoms with Gasteiger partial charge in [-0.05, 0) is 158 Å². The number of hydrogen-bond acceptors (Lipinski definition) is 6. The molecule has 0 saturated heterocycles. The Bertz CT molecular complexity index is 3930. The van der Waals surface area contributed by atoms with Crippen LogP contribution in [0.2, 0.25) is 0 Å². The van der Waals surface area contributed by atoms with Crippen molar-refractivity contribution in [3.63, 3.8) is 0 Å². The van der Waals surface area contributed by atoms with Crippen LogP contribution in [-0.4, -0.2) is 24.9 Å². The maximum atomic E-state index is 7.04. The highest BCUT2D eigenvalue weighted by atomic mass is 16.5. The van der Waals surface area contributed by atoms with Gasteiger partial charge in [0.15, 0.2) is 5.82 Å². The van der Waals surface area contributed by atoms with E-state index in [4.69, 9.17) is 19.7 Å². The van der Waals surface area contributed by atoms with Gasteiger partial charge in [-0.2, -0.15) is 0 Å². The molecule has 0 radical (unpaired) electrons. The summed E-state index contributed by atoms with van der Waals surface area (Å²) in [5.74, 6) is 1.96. The van der Waals surface area contributed by atoms with Crippen molar-refractivity contribution in [1.29, 1.82) is 0 Å². The summed E-state index contributed by atoms with van der Waals surface area (Å²) in [6.07, 6.45) is 9.44. The number of fused-ring (bicyclic) bond motifs is 10. The largest absolute Gasteiger partial charge is 0.457 e. The van der Waals surface area contributed by atoms with Crippen molar-refractivity contribution in [1.82, 2.24) is 24.9 Å². The van der Waals surface area contributed by atoms with Crippen LogP contribution < -0.4 is 4.74 Å². The zero-order valence-corrected chi connectivity index (χ0v) is 40.6. The van der Waals surface area contributed by atoms with E-state index in [1.807, 2.05) is 97.3 Å². The summed E-state index contributed by atoms with van der Waals surface area (Å²) >= 11 is 0. The molecule has 0 saturated carbocycles. The van der Waals surface area contributed by atoms with Gasteiger partial charge in [-0.25, -0.2) is 15.0 Å². The molecule has 0 amide bonds. The average molecular weight is 960 g/mol. The average Bonchev–Trinajstić information content (AvgIpc) is 3.49. The number of rotatable bonds is 8. The van der Waals surface area contributed by atoms with Crippen molar-refractivity contribution in [2.45, 2.75) is 0 Å². The molecule has 0 fully saturated rings. The van der Waals surface area contributed by atoms with Gasteiger partial charge >= 0.3 is 0 Å². The van der Waals surface area contributed by atoms with Crippen molar-refractivity contribution in [3.05, 3.63) is 273 Å². The zero-order valence-electron chi connectivity index (χ0n) is 40.6. The second kappa shape index (κ2) is 19.8. The van der Waals surface area contributed by atoms with Gasteiger partial charge in [0.1, 0.15) is 11.5 Å². The molecule has 8 aromatic carbocycles. The summed E-state index contributed by atoms with van der Waals surface area (Å²) in [5.41, 5.74) is 21.2. The van der Waals surface area contributed by atoms with Crippen molar-refractivity contribution >= 4 is 12.2 Å². The molecule has 1 aliphatic rings. The molecule has 1 aliphatic heterocycles. The minimum atomic E-state index is 0.597. The van der Waals surface area contributed by atoms with E-state index in [0.717, 1.165) is 117 Å². The molecule has 6 heteroatoms. The van der Waals surface area contributed by atoms with Crippen molar-refractivity contribution in [3.8, 4) is 123 Å². The Kier molecular flexibility index (Phi) is 11.8. The van der Waals surface area contributed by atoms with Crippen molar-refractivity contribution in [2.75, 3.05) is 0 Å². The summed E-state index contributed by atoms with van der Waals surface area (Å²) in [6, 6.07) is 84.9. The van der Waals surface area contributed by atoms with Crippen LogP contribution in [0.5, 0.6) is 11.5 Å². The number of nitrogens with zero attached hydrogens (tertiary/aromatic N) is 5. The molecule has 352 valence electrons. The third-order valence-corrected chi connectivity index (χ3v) is 13.7. The number of pyridine rings is 3. The van der Waals surface area contributed by atoms with E-state index in [-0.39, 0.29) is 0 Å². The Hall–Kier alpha value is -10.2. The third kappa shape index (κ3) is 9.20. The number of hydrogen-bond donors (Lipinski definition) is 0. The standard InChI is InChI=1S/C69H45N5O/c1-3-18-60(58(16-1)46-25-29-48(30-26-46)65-22-7-9-38-70-65)52-41-53(61-19-4-2-17-59(61)47-27-31-49(32-28-47)66-23-8-10-39-71-66)43-54(42-52)62-20-5-6-21-63(62)64-36-33-51-45-68(64)75-57-15-11-13-50(44-57)67-24-12-14-55(73-67)34-35-56-37-40-72-69(51)74-56/h1-45H. The van der Waals surface area contributed by atoms with E-state index in [1.165, 1.54) is 0 Å².